The van der Waals surface area contributed by atoms with Crippen molar-refractivity contribution in [3.8, 4) is 0 Å². The third-order valence-corrected chi connectivity index (χ3v) is 2.68. The first kappa shape index (κ1) is 10.5. The standard InChI is InChI=1S/C10H19NO2/c1-8(2)10-6-11(9(3)12)4-5-13-7-10/h8,10H,4-7H2,1-3H3. The van der Waals surface area contributed by atoms with Gasteiger partial charge in [0.15, 0.2) is 0 Å². The molecule has 3 nitrogen and oxygen atoms in total. The molecule has 0 N–H and O–H groups in total. The molecule has 0 aromatic carbocycles. The summed E-state index contributed by atoms with van der Waals surface area (Å²) in [5.74, 6) is 1.24. The lowest BCUT2D eigenvalue weighted by Crippen LogP contribution is -2.35. The Bertz CT molecular complexity index is 180. The van der Waals surface area contributed by atoms with Gasteiger partial charge in [0.25, 0.3) is 0 Å². The molecular formula is C10H19NO2. The second-order valence-corrected chi connectivity index (χ2v) is 4.04. The minimum absolute atomic E-state index is 0.163. The van der Waals surface area contributed by atoms with Crippen LogP contribution in [-0.2, 0) is 9.53 Å². The van der Waals surface area contributed by atoms with Gasteiger partial charge in [0.2, 0.25) is 5.91 Å². The van der Waals surface area contributed by atoms with Crippen molar-refractivity contribution in [3.05, 3.63) is 0 Å². The summed E-state index contributed by atoms with van der Waals surface area (Å²) < 4.78 is 5.45. The second-order valence-electron chi connectivity index (χ2n) is 4.04. The first-order valence-electron chi connectivity index (χ1n) is 4.94. The van der Waals surface area contributed by atoms with Gasteiger partial charge in [-0.15, -0.1) is 0 Å². The summed E-state index contributed by atoms with van der Waals surface area (Å²) in [5.41, 5.74) is 0. The number of hydrogen-bond acceptors (Lipinski definition) is 2. The zero-order valence-electron chi connectivity index (χ0n) is 8.75. The molecule has 0 radical (unpaired) electrons. The van der Waals surface area contributed by atoms with Crippen molar-refractivity contribution in [1.29, 1.82) is 0 Å². The summed E-state index contributed by atoms with van der Waals surface area (Å²) >= 11 is 0. The smallest absolute Gasteiger partial charge is 0.219 e. The highest BCUT2D eigenvalue weighted by molar-refractivity contribution is 5.73. The summed E-state index contributed by atoms with van der Waals surface area (Å²) in [6.45, 7) is 9.06. The molecule has 1 unspecified atom stereocenters. The number of ether oxygens (including phenoxy) is 1. The molecule has 13 heavy (non-hydrogen) atoms. The van der Waals surface area contributed by atoms with Gasteiger partial charge in [0, 0.05) is 25.9 Å². The van der Waals surface area contributed by atoms with E-state index in [1.54, 1.807) is 6.92 Å². The van der Waals surface area contributed by atoms with E-state index >= 15 is 0 Å². The van der Waals surface area contributed by atoms with E-state index < -0.39 is 0 Å². The third kappa shape index (κ3) is 2.99. The van der Waals surface area contributed by atoms with Gasteiger partial charge in [-0.25, -0.2) is 0 Å². The zero-order chi connectivity index (χ0) is 9.84. The molecule has 1 aliphatic rings. The van der Waals surface area contributed by atoms with Gasteiger partial charge in [-0.3, -0.25) is 4.79 Å². The highest BCUT2D eigenvalue weighted by Gasteiger charge is 2.22. The lowest BCUT2D eigenvalue weighted by molar-refractivity contribution is -0.129. The fourth-order valence-electron chi connectivity index (χ4n) is 1.53. The molecule has 1 fully saturated rings. The number of amides is 1. The van der Waals surface area contributed by atoms with Gasteiger partial charge in [-0.2, -0.15) is 0 Å². The van der Waals surface area contributed by atoms with E-state index in [-0.39, 0.29) is 5.91 Å². The third-order valence-electron chi connectivity index (χ3n) is 2.68. The van der Waals surface area contributed by atoms with Gasteiger partial charge in [0.05, 0.1) is 13.2 Å². The van der Waals surface area contributed by atoms with Crippen LogP contribution in [0.3, 0.4) is 0 Å². The molecule has 0 spiro atoms. The quantitative estimate of drug-likeness (QED) is 0.613. The number of hydrogen-bond donors (Lipinski definition) is 0. The van der Waals surface area contributed by atoms with Gasteiger partial charge < -0.3 is 9.64 Å². The molecule has 0 aromatic heterocycles. The maximum atomic E-state index is 11.2. The van der Waals surface area contributed by atoms with E-state index in [2.05, 4.69) is 13.8 Å². The van der Waals surface area contributed by atoms with Crippen LogP contribution in [0.25, 0.3) is 0 Å². The van der Waals surface area contributed by atoms with Crippen LogP contribution in [-0.4, -0.2) is 37.1 Å². The van der Waals surface area contributed by atoms with Crippen LogP contribution < -0.4 is 0 Å². The molecule has 3 heteroatoms. The van der Waals surface area contributed by atoms with Crippen molar-refractivity contribution in [1.82, 2.24) is 4.90 Å². The summed E-state index contributed by atoms with van der Waals surface area (Å²) in [5, 5.41) is 0. The van der Waals surface area contributed by atoms with Gasteiger partial charge in [0.1, 0.15) is 0 Å². The molecule has 76 valence electrons. The predicted molar refractivity (Wildman–Crippen MR) is 51.4 cm³/mol. The van der Waals surface area contributed by atoms with E-state index in [1.165, 1.54) is 0 Å². The summed E-state index contributed by atoms with van der Waals surface area (Å²) in [7, 11) is 0. The molecule has 1 amide bonds. The largest absolute Gasteiger partial charge is 0.379 e. The van der Waals surface area contributed by atoms with Crippen molar-refractivity contribution in [2.75, 3.05) is 26.3 Å². The highest BCUT2D eigenvalue weighted by Crippen LogP contribution is 2.15. The highest BCUT2D eigenvalue weighted by atomic mass is 16.5. The first-order valence-corrected chi connectivity index (χ1v) is 4.94. The predicted octanol–water partition coefficient (Wildman–Crippen LogP) is 1.14. The Morgan fingerprint density at radius 2 is 2.23 bits per heavy atom. The van der Waals surface area contributed by atoms with Crippen LogP contribution in [0.5, 0.6) is 0 Å². The van der Waals surface area contributed by atoms with Crippen molar-refractivity contribution < 1.29 is 9.53 Å². The Kier molecular flexibility index (Phi) is 3.72. The van der Waals surface area contributed by atoms with Crippen molar-refractivity contribution in [2.24, 2.45) is 11.8 Å². The average molecular weight is 185 g/mol. The fourth-order valence-corrected chi connectivity index (χ4v) is 1.53. The number of carbonyl (C=O) groups excluding carboxylic acids is 1. The van der Waals surface area contributed by atoms with E-state index in [9.17, 15) is 4.79 Å². The molecule has 0 aliphatic carbocycles. The fraction of sp³-hybridized carbons (Fsp3) is 0.900. The van der Waals surface area contributed by atoms with Crippen LogP contribution >= 0.6 is 0 Å². The summed E-state index contributed by atoms with van der Waals surface area (Å²) in [6, 6.07) is 0. The lowest BCUT2D eigenvalue weighted by Gasteiger charge is -2.24. The van der Waals surface area contributed by atoms with Crippen LogP contribution in [0.15, 0.2) is 0 Å². The van der Waals surface area contributed by atoms with Gasteiger partial charge in [-0.05, 0) is 5.92 Å². The van der Waals surface area contributed by atoms with Crippen molar-refractivity contribution in [3.63, 3.8) is 0 Å². The van der Waals surface area contributed by atoms with E-state index in [0.29, 0.717) is 18.4 Å². The normalized spacial score (nSPS) is 24.6. The Morgan fingerprint density at radius 1 is 1.54 bits per heavy atom. The van der Waals surface area contributed by atoms with Crippen LogP contribution in [0.1, 0.15) is 20.8 Å². The molecule has 1 heterocycles. The van der Waals surface area contributed by atoms with Crippen LogP contribution in [0.2, 0.25) is 0 Å². The molecule has 1 aliphatic heterocycles. The number of nitrogens with zero attached hydrogens (tertiary/aromatic N) is 1. The van der Waals surface area contributed by atoms with E-state index in [1.807, 2.05) is 4.90 Å². The summed E-state index contributed by atoms with van der Waals surface area (Å²) in [4.78, 5) is 13.1. The van der Waals surface area contributed by atoms with E-state index in [4.69, 9.17) is 4.74 Å². The maximum absolute atomic E-state index is 11.2. The van der Waals surface area contributed by atoms with Gasteiger partial charge >= 0.3 is 0 Å². The molecular weight excluding hydrogens is 166 g/mol. The second kappa shape index (κ2) is 4.61. The van der Waals surface area contributed by atoms with Gasteiger partial charge in [-0.1, -0.05) is 13.8 Å². The molecule has 0 bridgehead atoms. The molecule has 0 saturated carbocycles. The lowest BCUT2D eigenvalue weighted by atomic mass is 9.96. The average Bonchev–Trinajstić information content (AvgIpc) is 2.28. The molecule has 0 aromatic rings. The molecule has 1 atom stereocenters. The monoisotopic (exact) mass is 185 g/mol. The first-order chi connectivity index (χ1) is 6.11. The summed E-state index contributed by atoms with van der Waals surface area (Å²) in [6.07, 6.45) is 0. The molecule has 1 saturated heterocycles. The Balaban J connectivity index is 2.54. The number of rotatable bonds is 1. The number of carbonyl (C=O) groups is 1. The van der Waals surface area contributed by atoms with Crippen LogP contribution in [0.4, 0.5) is 0 Å². The van der Waals surface area contributed by atoms with Crippen molar-refractivity contribution >= 4 is 5.91 Å². The van der Waals surface area contributed by atoms with Crippen molar-refractivity contribution in [2.45, 2.75) is 20.8 Å². The zero-order valence-corrected chi connectivity index (χ0v) is 8.75. The topological polar surface area (TPSA) is 29.5 Å². The minimum Gasteiger partial charge on any atom is -0.379 e. The molecule has 1 rings (SSSR count). The Hall–Kier alpha value is -0.570. The Morgan fingerprint density at radius 3 is 2.77 bits per heavy atom. The van der Waals surface area contributed by atoms with Crippen LogP contribution in [0, 0.1) is 11.8 Å². The minimum atomic E-state index is 0.163. The van der Waals surface area contributed by atoms with E-state index in [0.717, 1.165) is 19.7 Å². The maximum Gasteiger partial charge on any atom is 0.219 e. The SMILES string of the molecule is CC(=O)N1CCOCC(C(C)C)C1. The Labute approximate surface area is 80.1 Å².